The summed E-state index contributed by atoms with van der Waals surface area (Å²) in [6.45, 7) is 6.90. The van der Waals surface area contributed by atoms with Gasteiger partial charge in [0, 0.05) is 13.1 Å². The molecule has 19 heavy (non-hydrogen) atoms. The van der Waals surface area contributed by atoms with E-state index in [1.807, 2.05) is 13.8 Å². The second-order valence-corrected chi connectivity index (χ2v) is 5.59. The van der Waals surface area contributed by atoms with Crippen LogP contribution >= 0.6 is 23.2 Å². The normalized spacial score (nSPS) is 14.0. The Labute approximate surface area is 124 Å². The van der Waals surface area contributed by atoms with Crippen LogP contribution in [0.25, 0.3) is 0 Å². The van der Waals surface area contributed by atoms with Crippen molar-refractivity contribution in [3.63, 3.8) is 0 Å². The minimum Gasteiger partial charge on any atom is -0.388 e. The van der Waals surface area contributed by atoms with Gasteiger partial charge in [-0.25, -0.2) is 4.98 Å². The average Bonchev–Trinajstić information content (AvgIpc) is 2.31. The number of aromatic nitrogens is 1. The highest BCUT2D eigenvalue weighted by atomic mass is 35.5. The van der Waals surface area contributed by atoms with Crippen molar-refractivity contribution < 1.29 is 5.11 Å². The molecule has 1 heterocycles. The van der Waals surface area contributed by atoms with Gasteiger partial charge in [0.05, 0.1) is 15.6 Å². The molecule has 0 aliphatic rings. The van der Waals surface area contributed by atoms with Crippen LogP contribution in [0.4, 0.5) is 11.6 Å². The molecule has 0 saturated carbocycles. The molecule has 0 amide bonds. The second-order valence-electron chi connectivity index (χ2n) is 4.78. The van der Waals surface area contributed by atoms with Crippen molar-refractivity contribution in [3.05, 3.63) is 16.1 Å². The van der Waals surface area contributed by atoms with E-state index in [1.54, 1.807) is 13.0 Å². The zero-order valence-electron chi connectivity index (χ0n) is 11.6. The van der Waals surface area contributed by atoms with Gasteiger partial charge in [-0.1, -0.05) is 36.5 Å². The fourth-order valence-corrected chi connectivity index (χ4v) is 2.28. The van der Waals surface area contributed by atoms with Crippen LogP contribution in [-0.2, 0) is 0 Å². The number of anilines is 2. The Bertz CT molecular complexity index is 425. The first kappa shape index (κ1) is 16.3. The molecular formula is C13H21Cl2N3O. The van der Waals surface area contributed by atoms with Gasteiger partial charge in [0.15, 0.2) is 0 Å². The first-order chi connectivity index (χ1) is 8.89. The van der Waals surface area contributed by atoms with E-state index in [0.717, 1.165) is 13.0 Å². The number of pyridine rings is 1. The molecule has 6 heteroatoms. The van der Waals surface area contributed by atoms with Crippen molar-refractivity contribution in [1.29, 1.82) is 0 Å². The molecular weight excluding hydrogens is 285 g/mol. The minimum atomic E-state index is -0.780. The number of aliphatic hydroxyl groups is 1. The van der Waals surface area contributed by atoms with Crippen LogP contribution in [0.5, 0.6) is 0 Å². The van der Waals surface area contributed by atoms with Crippen LogP contribution in [0.3, 0.4) is 0 Å². The van der Waals surface area contributed by atoms with Gasteiger partial charge in [-0.2, -0.15) is 0 Å². The van der Waals surface area contributed by atoms with E-state index < -0.39 is 5.60 Å². The molecule has 0 spiro atoms. The molecule has 0 bridgehead atoms. The smallest absolute Gasteiger partial charge is 0.147 e. The van der Waals surface area contributed by atoms with Crippen LogP contribution in [0.15, 0.2) is 6.07 Å². The van der Waals surface area contributed by atoms with Gasteiger partial charge in [0.25, 0.3) is 0 Å². The summed E-state index contributed by atoms with van der Waals surface area (Å²) in [5, 5.41) is 17.2. The Hall–Kier alpha value is -0.710. The molecule has 1 rings (SSSR count). The van der Waals surface area contributed by atoms with Gasteiger partial charge in [0.1, 0.15) is 11.6 Å². The quantitative estimate of drug-likeness (QED) is 0.717. The van der Waals surface area contributed by atoms with Crippen molar-refractivity contribution in [2.45, 2.75) is 39.2 Å². The fraction of sp³-hybridized carbons (Fsp3) is 0.615. The van der Waals surface area contributed by atoms with Gasteiger partial charge in [-0.05, 0) is 26.3 Å². The molecule has 1 atom stereocenters. The number of nitrogens with zero attached hydrogens (tertiary/aromatic N) is 1. The Kier molecular flexibility index (Phi) is 6.17. The predicted octanol–water partition coefficient (Wildman–Crippen LogP) is 3.78. The highest BCUT2D eigenvalue weighted by molar-refractivity contribution is 6.37. The van der Waals surface area contributed by atoms with Crippen LogP contribution < -0.4 is 10.6 Å². The maximum Gasteiger partial charge on any atom is 0.147 e. The van der Waals surface area contributed by atoms with E-state index in [2.05, 4.69) is 15.6 Å². The lowest BCUT2D eigenvalue weighted by Crippen LogP contribution is -2.33. The van der Waals surface area contributed by atoms with Crippen LogP contribution in [0.1, 0.15) is 33.6 Å². The highest BCUT2D eigenvalue weighted by Gasteiger charge is 2.19. The summed E-state index contributed by atoms with van der Waals surface area (Å²) < 4.78 is 0. The van der Waals surface area contributed by atoms with Gasteiger partial charge in [-0.15, -0.1) is 0 Å². The average molecular weight is 306 g/mol. The van der Waals surface area contributed by atoms with Crippen molar-refractivity contribution in [3.8, 4) is 0 Å². The molecule has 0 aromatic carbocycles. The summed E-state index contributed by atoms with van der Waals surface area (Å²) in [5.74, 6) is 1.12. The lowest BCUT2D eigenvalue weighted by molar-refractivity contribution is 0.0636. The summed E-state index contributed by atoms with van der Waals surface area (Å²) in [7, 11) is 0. The molecule has 0 fully saturated rings. The zero-order chi connectivity index (χ0) is 14.5. The molecule has 1 aromatic rings. The van der Waals surface area contributed by atoms with Crippen molar-refractivity contribution >= 4 is 34.8 Å². The van der Waals surface area contributed by atoms with E-state index in [-0.39, 0.29) is 0 Å². The Morgan fingerprint density at radius 2 is 1.79 bits per heavy atom. The molecule has 4 nitrogen and oxygen atoms in total. The number of rotatable bonds is 7. The van der Waals surface area contributed by atoms with Gasteiger partial charge >= 0.3 is 0 Å². The third-order valence-corrected chi connectivity index (χ3v) is 3.28. The zero-order valence-corrected chi connectivity index (χ0v) is 13.1. The molecule has 0 radical (unpaired) electrons. The topological polar surface area (TPSA) is 57.2 Å². The van der Waals surface area contributed by atoms with E-state index >= 15 is 0 Å². The standard InChI is InChI=1S/C13H21Cl2N3O/c1-4-6-13(3,19)8-17-12-10(15)7-9(14)11(18-12)16-5-2/h7,19H,4-6,8H2,1-3H3,(H2,16,17,18). The van der Waals surface area contributed by atoms with E-state index in [9.17, 15) is 5.11 Å². The monoisotopic (exact) mass is 305 g/mol. The molecule has 1 aromatic heterocycles. The first-order valence-electron chi connectivity index (χ1n) is 6.45. The van der Waals surface area contributed by atoms with Gasteiger partial charge in [-0.3, -0.25) is 0 Å². The highest BCUT2D eigenvalue weighted by Crippen LogP contribution is 2.29. The van der Waals surface area contributed by atoms with E-state index in [4.69, 9.17) is 23.2 Å². The van der Waals surface area contributed by atoms with Crippen molar-refractivity contribution in [1.82, 2.24) is 4.98 Å². The minimum absolute atomic E-state index is 0.390. The summed E-state index contributed by atoms with van der Waals surface area (Å²) in [4.78, 5) is 4.33. The molecule has 108 valence electrons. The lowest BCUT2D eigenvalue weighted by atomic mass is 10.0. The van der Waals surface area contributed by atoms with Crippen molar-refractivity contribution in [2.75, 3.05) is 23.7 Å². The lowest BCUT2D eigenvalue weighted by Gasteiger charge is -2.23. The summed E-state index contributed by atoms with van der Waals surface area (Å²) >= 11 is 12.1. The number of hydrogen-bond acceptors (Lipinski definition) is 4. The van der Waals surface area contributed by atoms with Crippen molar-refractivity contribution in [2.24, 2.45) is 0 Å². The van der Waals surface area contributed by atoms with Crippen LogP contribution in [0.2, 0.25) is 10.0 Å². The van der Waals surface area contributed by atoms with Crippen LogP contribution in [-0.4, -0.2) is 28.8 Å². The fourth-order valence-electron chi connectivity index (χ4n) is 1.78. The maximum atomic E-state index is 10.1. The number of nitrogens with one attached hydrogen (secondary N) is 2. The van der Waals surface area contributed by atoms with Gasteiger partial charge < -0.3 is 15.7 Å². The van der Waals surface area contributed by atoms with E-state index in [1.165, 1.54) is 0 Å². The summed E-state index contributed by atoms with van der Waals surface area (Å²) in [5.41, 5.74) is -0.780. The Morgan fingerprint density at radius 1 is 1.21 bits per heavy atom. The molecule has 1 unspecified atom stereocenters. The summed E-state index contributed by atoms with van der Waals surface area (Å²) in [6, 6.07) is 1.64. The first-order valence-corrected chi connectivity index (χ1v) is 7.21. The third-order valence-electron chi connectivity index (χ3n) is 2.70. The van der Waals surface area contributed by atoms with E-state index in [0.29, 0.717) is 34.6 Å². The maximum absolute atomic E-state index is 10.1. The van der Waals surface area contributed by atoms with Gasteiger partial charge in [0.2, 0.25) is 0 Å². The number of hydrogen-bond donors (Lipinski definition) is 3. The molecule has 0 aliphatic heterocycles. The SMILES string of the molecule is CCCC(C)(O)CNc1nc(NCC)c(Cl)cc1Cl. The Balaban J connectivity index is 2.80. The molecule has 0 aliphatic carbocycles. The largest absolute Gasteiger partial charge is 0.388 e. The Morgan fingerprint density at radius 3 is 2.32 bits per heavy atom. The third kappa shape index (κ3) is 5.05. The number of halogens is 2. The molecule has 3 N–H and O–H groups in total. The summed E-state index contributed by atoms with van der Waals surface area (Å²) in [6.07, 6.45) is 1.63. The molecule has 0 saturated heterocycles. The second kappa shape index (κ2) is 7.17. The van der Waals surface area contributed by atoms with Crippen LogP contribution in [0, 0.1) is 0 Å². The predicted molar refractivity (Wildman–Crippen MR) is 82.4 cm³/mol.